The first kappa shape index (κ1) is 33.7. The van der Waals surface area contributed by atoms with E-state index in [4.69, 9.17) is 18.9 Å². The smallest absolute Gasteiger partial charge is 0.343 e. The topological polar surface area (TPSA) is 71.1 Å². The van der Waals surface area contributed by atoms with Crippen LogP contribution in [0.1, 0.15) is 117 Å². The zero-order chi connectivity index (χ0) is 30.7. The number of rotatable bonds is 20. The standard InChI is InChI=1S/C37H48O6/c1-4-6-7-8-9-10-11-12-13-14-15-16-28-41-31-24-26-33(27-25-31)42-36(38)30-20-22-32(23-21-30)43-37(39)34-18-17-19-35(29(34)3)40-5-2/h17-27H,4-16,28H2,1-3H3. The summed E-state index contributed by atoms with van der Waals surface area (Å²) in [5.41, 5.74) is 1.49. The molecule has 0 saturated heterocycles. The molecule has 0 heterocycles. The van der Waals surface area contributed by atoms with Gasteiger partial charge in [-0.15, -0.1) is 0 Å². The van der Waals surface area contributed by atoms with Crippen molar-refractivity contribution in [2.24, 2.45) is 0 Å². The molecule has 3 rings (SSSR count). The zero-order valence-electron chi connectivity index (χ0n) is 26.2. The molecule has 0 radical (unpaired) electrons. The summed E-state index contributed by atoms with van der Waals surface area (Å²) >= 11 is 0. The van der Waals surface area contributed by atoms with Crippen LogP contribution >= 0.6 is 0 Å². The first-order valence-corrected chi connectivity index (χ1v) is 16.0. The fourth-order valence-corrected chi connectivity index (χ4v) is 4.87. The minimum atomic E-state index is -0.497. The summed E-state index contributed by atoms with van der Waals surface area (Å²) in [7, 11) is 0. The molecule has 0 aliphatic rings. The van der Waals surface area contributed by atoms with Crippen LogP contribution in [0.4, 0.5) is 0 Å². The van der Waals surface area contributed by atoms with Gasteiger partial charge in [0.05, 0.1) is 24.3 Å². The third-order valence-electron chi connectivity index (χ3n) is 7.41. The van der Waals surface area contributed by atoms with E-state index in [1.54, 1.807) is 48.5 Å². The Hall–Kier alpha value is -3.80. The molecule has 0 N–H and O–H groups in total. The summed E-state index contributed by atoms with van der Waals surface area (Å²) in [6.07, 6.45) is 15.8. The van der Waals surface area contributed by atoms with Crippen molar-refractivity contribution in [2.75, 3.05) is 13.2 Å². The predicted molar refractivity (Wildman–Crippen MR) is 172 cm³/mol. The molecule has 0 saturated carbocycles. The van der Waals surface area contributed by atoms with Gasteiger partial charge in [0.1, 0.15) is 23.0 Å². The van der Waals surface area contributed by atoms with E-state index in [2.05, 4.69) is 6.92 Å². The highest BCUT2D eigenvalue weighted by Gasteiger charge is 2.16. The van der Waals surface area contributed by atoms with E-state index in [-0.39, 0.29) is 0 Å². The van der Waals surface area contributed by atoms with Crippen molar-refractivity contribution < 1.29 is 28.5 Å². The summed E-state index contributed by atoms with van der Waals surface area (Å²) in [5.74, 6) is 1.18. The molecule has 6 heteroatoms. The van der Waals surface area contributed by atoms with Gasteiger partial charge >= 0.3 is 11.9 Å². The molecule has 0 spiro atoms. The van der Waals surface area contributed by atoms with Crippen LogP contribution in [0, 0.1) is 6.92 Å². The lowest BCUT2D eigenvalue weighted by Crippen LogP contribution is -2.12. The lowest BCUT2D eigenvalue weighted by molar-refractivity contribution is 0.0729. The zero-order valence-corrected chi connectivity index (χ0v) is 26.2. The minimum absolute atomic E-state index is 0.331. The number of hydrogen-bond donors (Lipinski definition) is 0. The number of esters is 2. The Morgan fingerprint density at radius 2 is 1.07 bits per heavy atom. The van der Waals surface area contributed by atoms with E-state index in [0.717, 1.165) is 17.7 Å². The molecule has 0 aliphatic heterocycles. The SMILES string of the molecule is CCCCCCCCCCCCCCOc1ccc(OC(=O)c2ccc(OC(=O)c3cccc(OCC)c3C)cc2)cc1. The highest BCUT2D eigenvalue weighted by molar-refractivity contribution is 5.94. The molecule has 232 valence electrons. The number of ether oxygens (including phenoxy) is 4. The molecule has 0 bridgehead atoms. The van der Waals surface area contributed by atoms with E-state index in [1.807, 2.05) is 32.0 Å². The van der Waals surface area contributed by atoms with Gasteiger partial charge in [0.25, 0.3) is 0 Å². The molecule has 0 unspecified atom stereocenters. The van der Waals surface area contributed by atoms with E-state index in [0.29, 0.717) is 41.6 Å². The average Bonchev–Trinajstić information content (AvgIpc) is 3.01. The van der Waals surface area contributed by atoms with Crippen molar-refractivity contribution in [3.63, 3.8) is 0 Å². The van der Waals surface area contributed by atoms with Crippen LogP contribution in [0.3, 0.4) is 0 Å². The highest BCUT2D eigenvalue weighted by Crippen LogP contribution is 2.24. The van der Waals surface area contributed by atoms with Crippen molar-refractivity contribution in [2.45, 2.75) is 97.8 Å². The van der Waals surface area contributed by atoms with Gasteiger partial charge < -0.3 is 18.9 Å². The second-order valence-corrected chi connectivity index (χ2v) is 10.9. The normalized spacial score (nSPS) is 10.8. The summed E-state index contributed by atoms with van der Waals surface area (Å²) in [5, 5.41) is 0. The maximum atomic E-state index is 12.7. The fourth-order valence-electron chi connectivity index (χ4n) is 4.87. The molecule has 0 aliphatic carbocycles. The molecule has 3 aromatic carbocycles. The van der Waals surface area contributed by atoms with Gasteiger partial charge in [-0.25, -0.2) is 9.59 Å². The molecule has 0 fully saturated rings. The fraction of sp³-hybridized carbons (Fsp3) is 0.459. The largest absolute Gasteiger partial charge is 0.494 e. The second kappa shape index (κ2) is 19.4. The van der Waals surface area contributed by atoms with E-state index in [1.165, 1.54) is 70.6 Å². The summed E-state index contributed by atoms with van der Waals surface area (Å²) in [4.78, 5) is 25.3. The van der Waals surface area contributed by atoms with Gasteiger partial charge in [0.15, 0.2) is 0 Å². The molecule has 43 heavy (non-hydrogen) atoms. The third-order valence-corrected chi connectivity index (χ3v) is 7.41. The van der Waals surface area contributed by atoms with Gasteiger partial charge in [-0.1, -0.05) is 83.6 Å². The van der Waals surface area contributed by atoms with Crippen LogP contribution < -0.4 is 18.9 Å². The lowest BCUT2D eigenvalue weighted by Gasteiger charge is -2.11. The van der Waals surface area contributed by atoms with Crippen molar-refractivity contribution in [3.05, 3.63) is 83.4 Å². The molecule has 0 atom stereocenters. The predicted octanol–water partition coefficient (Wildman–Crippen LogP) is 9.91. The summed E-state index contributed by atoms with van der Waals surface area (Å²) in [6.45, 7) is 7.17. The second-order valence-electron chi connectivity index (χ2n) is 10.9. The molecule has 0 aromatic heterocycles. The van der Waals surface area contributed by atoms with Crippen molar-refractivity contribution in [3.8, 4) is 23.0 Å². The molecule has 6 nitrogen and oxygen atoms in total. The Bertz CT molecular complexity index is 1230. The van der Waals surface area contributed by atoms with Crippen LogP contribution in [-0.2, 0) is 0 Å². The maximum absolute atomic E-state index is 12.7. The van der Waals surface area contributed by atoms with Gasteiger partial charge in [-0.3, -0.25) is 0 Å². The Morgan fingerprint density at radius 1 is 0.558 bits per heavy atom. The van der Waals surface area contributed by atoms with Crippen LogP contribution in [0.25, 0.3) is 0 Å². The Morgan fingerprint density at radius 3 is 1.65 bits per heavy atom. The lowest BCUT2D eigenvalue weighted by atomic mass is 10.1. The van der Waals surface area contributed by atoms with E-state index < -0.39 is 11.9 Å². The third kappa shape index (κ3) is 12.1. The van der Waals surface area contributed by atoms with Gasteiger partial charge in [0, 0.05) is 5.56 Å². The van der Waals surface area contributed by atoms with Crippen LogP contribution in [0.2, 0.25) is 0 Å². The van der Waals surface area contributed by atoms with Crippen molar-refractivity contribution in [1.82, 2.24) is 0 Å². The quantitative estimate of drug-likeness (QED) is 0.0743. The van der Waals surface area contributed by atoms with Crippen LogP contribution in [-0.4, -0.2) is 25.2 Å². The number of benzene rings is 3. The molecule has 0 amide bonds. The average molecular weight is 589 g/mol. The maximum Gasteiger partial charge on any atom is 0.343 e. The van der Waals surface area contributed by atoms with E-state index in [9.17, 15) is 9.59 Å². The number of unbranched alkanes of at least 4 members (excludes halogenated alkanes) is 11. The van der Waals surface area contributed by atoms with Gasteiger partial charge in [-0.05, 0) is 80.9 Å². The van der Waals surface area contributed by atoms with Crippen LogP contribution in [0.15, 0.2) is 66.7 Å². The van der Waals surface area contributed by atoms with Gasteiger partial charge in [-0.2, -0.15) is 0 Å². The summed E-state index contributed by atoms with van der Waals surface area (Å²) < 4.78 is 22.4. The number of carbonyl (C=O) groups is 2. The Labute approximate surface area is 257 Å². The Balaban J connectivity index is 1.33. The van der Waals surface area contributed by atoms with E-state index >= 15 is 0 Å². The Kier molecular flexibility index (Phi) is 15.2. The number of hydrogen-bond acceptors (Lipinski definition) is 6. The van der Waals surface area contributed by atoms with Crippen molar-refractivity contribution >= 4 is 11.9 Å². The molecule has 3 aromatic rings. The molecular formula is C37H48O6. The first-order chi connectivity index (χ1) is 21.0. The number of carbonyl (C=O) groups excluding carboxylic acids is 2. The minimum Gasteiger partial charge on any atom is -0.494 e. The first-order valence-electron chi connectivity index (χ1n) is 16.0. The summed E-state index contributed by atoms with van der Waals surface area (Å²) in [6, 6.07) is 18.6. The van der Waals surface area contributed by atoms with Crippen molar-refractivity contribution in [1.29, 1.82) is 0 Å². The van der Waals surface area contributed by atoms with Crippen LogP contribution in [0.5, 0.6) is 23.0 Å². The molecular weight excluding hydrogens is 540 g/mol. The van der Waals surface area contributed by atoms with Gasteiger partial charge in [0.2, 0.25) is 0 Å². The monoisotopic (exact) mass is 588 g/mol. The highest BCUT2D eigenvalue weighted by atomic mass is 16.5.